The van der Waals surface area contributed by atoms with Gasteiger partial charge in [-0.25, -0.2) is 9.97 Å². The van der Waals surface area contributed by atoms with Crippen LogP contribution >= 0.6 is 0 Å². The van der Waals surface area contributed by atoms with Crippen LogP contribution in [0.25, 0.3) is 44.8 Å². The Bertz CT molecular complexity index is 1260. The van der Waals surface area contributed by atoms with E-state index in [1.165, 1.54) is 12.1 Å². The molecule has 5 rings (SSSR count). The summed E-state index contributed by atoms with van der Waals surface area (Å²) in [5, 5.41) is 21.2. The molecule has 28 heavy (non-hydrogen) atoms. The predicted molar refractivity (Wildman–Crippen MR) is 109 cm³/mol. The Balaban J connectivity index is 1.62. The molecule has 2 heterocycles. The molecular formula is C21H17N5O2. The first-order valence-corrected chi connectivity index (χ1v) is 8.76. The van der Waals surface area contributed by atoms with Gasteiger partial charge in [-0.2, -0.15) is 0 Å². The van der Waals surface area contributed by atoms with Crippen molar-refractivity contribution < 1.29 is 10.2 Å². The highest BCUT2D eigenvalue weighted by Crippen LogP contribution is 2.39. The van der Waals surface area contributed by atoms with E-state index >= 15 is 0 Å². The van der Waals surface area contributed by atoms with Crippen molar-refractivity contribution in [3.8, 4) is 34.3 Å². The van der Waals surface area contributed by atoms with Crippen molar-refractivity contribution in [3.05, 3.63) is 54.1 Å². The molecule has 0 atom stereocenters. The van der Waals surface area contributed by atoms with Crippen molar-refractivity contribution in [2.45, 2.75) is 6.92 Å². The molecule has 0 spiro atoms. The number of nitrogen functional groups attached to an aromatic ring is 1. The van der Waals surface area contributed by atoms with Gasteiger partial charge < -0.3 is 25.9 Å². The van der Waals surface area contributed by atoms with Crippen LogP contribution in [0.1, 0.15) is 5.56 Å². The van der Waals surface area contributed by atoms with Crippen LogP contribution in [0.3, 0.4) is 0 Å². The lowest BCUT2D eigenvalue weighted by molar-refractivity contribution is 0.463. The number of aromatic hydroxyl groups is 2. The summed E-state index contributed by atoms with van der Waals surface area (Å²) in [7, 11) is 0. The molecule has 0 aliphatic carbocycles. The number of benzene rings is 3. The highest BCUT2D eigenvalue weighted by Gasteiger charge is 2.17. The molecule has 0 saturated heterocycles. The van der Waals surface area contributed by atoms with E-state index in [0.717, 1.165) is 27.6 Å². The molecule has 0 amide bonds. The smallest absolute Gasteiger partial charge is 0.142 e. The molecule has 0 aliphatic rings. The zero-order valence-corrected chi connectivity index (χ0v) is 15.0. The topological polar surface area (TPSA) is 124 Å². The molecule has 0 fully saturated rings. The summed E-state index contributed by atoms with van der Waals surface area (Å²) < 4.78 is 0. The van der Waals surface area contributed by atoms with E-state index in [4.69, 9.17) is 5.73 Å². The number of hydrogen-bond acceptors (Lipinski definition) is 5. The first kappa shape index (κ1) is 16.2. The SMILES string of the molecule is Cc1ccc2nc(-c3cc(O)c(-c4nc5ccc(N)cc5[nH]4)cc3O)[nH]c2c1. The lowest BCUT2D eigenvalue weighted by Crippen LogP contribution is -1.87. The number of phenolic OH excluding ortho intramolecular Hbond substituents is 2. The van der Waals surface area contributed by atoms with Crippen LogP contribution in [0, 0.1) is 6.92 Å². The van der Waals surface area contributed by atoms with Crippen LogP contribution in [-0.4, -0.2) is 30.1 Å². The van der Waals surface area contributed by atoms with Gasteiger partial charge in [0.25, 0.3) is 0 Å². The second kappa shape index (κ2) is 5.75. The average Bonchev–Trinajstić information content (AvgIpc) is 3.26. The van der Waals surface area contributed by atoms with Gasteiger partial charge in [-0.3, -0.25) is 0 Å². The monoisotopic (exact) mass is 371 g/mol. The molecule has 3 aromatic carbocycles. The predicted octanol–water partition coefficient (Wildman–Crippen LogP) is 4.08. The van der Waals surface area contributed by atoms with E-state index in [0.29, 0.717) is 28.5 Å². The fraction of sp³-hybridized carbons (Fsp3) is 0.0476. The van der Waals surface area contributed by atoms with Crippen molar-refractivity contribution in [3.63, 3.8) is 0 Å². The third kappa shape index (κ3) is 2.52. The van der Waals surface area contributed by atoms with Gasteiger partial charge in [0.1, 0.15) is 23.1 Å². The molecular weight excluding hydrogens is 354 g/mol. The number of fused-ring (bicyclic) bond motifs is 2. The van der Waals surface area contributed by atoms with Crippen LogP contribution in [0.5, 0.6) is 11.5 Å². The minimum Gasteiger partial charge on any atom is -0.507 e. The highest BCUT2D eigenvalue weighted by atomic mass is 16.3. The molecule has 0 radical (unpaired) electrons. The summed E-state index contributed by atoms with van der Waals surface area (Å²) in [6.45, 7) is 2.00. The molecule has 7 heteroatoms. The number of aromatic amines is 2. The van der Waals surface area contributed by atoms with Gasteiger partial charge in [0.2, 0.25) is 0 Å². The Labute approximate surface area is 159 Å². The number of phenols is 2. The Morgan fingerprint density at radius 3 is 1.89 bits per heavy atom. The fourth-order valence-electron chi connectivity index (χ4n) is 3.36. The van der Waals surface area contributed by atoms with E-state index < -0.39 is 0 Å². The maximum absolute atomic E-state index is 10.6. The molecule has 6 N–H and O–H groups in total. The third-order valence-electron chi connectivity index (χ3n) is 4.77. The Morgan fingerprint density at radius 1 is 0.750 bits per heavy atom. The number of imidazole rings is 2. The Kier molecular flexibility index (Phi) is 3.33. The lowest BCUT2D eigenvalue weighted by Gasteiger charge is -2.07. The van der Waals surface area contributed by atoms with Crippen molar-refractivity contribution >= 4 is 27.8 Å². The van der Waals surface area contributed by atoms with Crippen LogP contribution < -0.4 is 5.73 Å². The van der Waals surface area contributed by atoms with Gasteiger partial charge in [-0.15, -0.1) is 0 Å². The number of aromatic nitrogens is 4. The first-order valence-electron chi connectivity index (χ1n) is 8.76. The van der Waals surface area contributed by atoms with Gasteiger partial charge in [0.15, 0.2) is 0 Å². The number of nitrogens with one attached hydrogen (secondary N) is 2. The van der Waals surface area contributed by atoms with E-state index in [1.54, 1.807) is 18.2 Å². The summed E-state index contributed by atoms with van der Waals surface area (Å²) in [5.41, 5.74) is 11.5. The number of rotatable bonds is 2. The molecule has 0 bridgehead atoms. The molecule has 138 valence electrons. The maximum Gasteiger partial charge on any atom is 0.142 e. The number of H-pyrrole nitrogens is 2. The summed E-state index contributed by atoms with van der Waals surface area (Å²) >= 11 is 0. The van der Waals surface area contributed by atoms with Gasteiger partial charge in [-0.1, -0.05) is 6.07 Å². The molecule has 7 nitrogen and oxygen atoms in total. The van der Waals surface area contributed by atoms with Crippen molar-refractivity contribution in [2.24, 2.45) is 0 Å². The number of hydrogen-bond donors (Lipinski definition) is 5. The van der Waals surface area contributed by atoms with E-state index in [-0.39, 0.29) is 11.5 Å². The molecule has 5 aromatic rings. The minimum absolute atomic E-state index is 0.0106. The van der Waals surface area contributed by atoms with Gasteiger partial charge in [-0.05, 0) is 55.0 Å². The minimum atomic E-state index is -0.0172. The quantitative estimate of drug-likeness (QED) is 0.236. The average molecular weight is 371 g/mol. The highest BCUT2D eigenvalue weighted by molar-refractivity contribution is 5.86. The van der Waals surface area contributed by atoms with E-state index in [9.17, 15) is 10.2 Å². The fourth-order valence-corrected chi connectivity index (χ4v) is 3.36. The van der Waals surface area contributed by atoms with Gasteiger partial charge in [0.05, 0.1) is 33.2 Å². The molecule has 0 saturated carbocycles. The first-order chi connectivity index (χ1) is 13.5. The summed E-state index contributed by atoms with van der Waals surface area (Å²) in [4.78, 5) is 15.3. The van der Waals surface area contributed by atoms with E-state index in [1.807, 2.05) is 25.1 Å². The maximum atomic E-state index is 10.6. The summed E-state index contributed by atoms with van der Waals surface area (Å²) in [5.74, 6) is 0.900. The van der Waals surface area contributed by atoms with Crippen molar-refractivity contribution in [2.75, 3.05) is 5.73 Å². The third-order valence-corrected chi connectivity index (χ3v) is 4.77. The number of aryl methyl sites for hydroxylation is 1. The second-order valence-corrected chi connectivity index (χ2v) is 6.85. The molecule has 2 aromatic heterocycles. The molecule has 0 aliphatic heterocycles. The van der Waals surface area contributed by atoms with Crippen LogP contribution in [0.2, 0.25) is 0 Å². The van der Waals surface area contributed by atoms with Crippen molar-refractivity contribution in [1.29, 1.82) is 0 Å². The van der Waals surface area contributed by atoms with Gasteiger partial charge >= 0.3 is 0 Å². The summed E-state index contributed by atoms with van der Waals surface area (Å²) in [6.07, 6.45) is 0. The Morgan fingerprint density at radius 2 is 1.29 bits per heavy atom. The number of nitrogens with zero attached hydrogens (tertiary/aromatic N) is 2. The zero-order valence-electron chi connectivity index (χ0n) is 15.0. The number of anilines is 1. The largest absolute Gasteiger partial charge is 0.507 e. The van der Waals surface area contributed by atoms with Crippen molar-refractivity contribution in [1.82, 2.24) is 19.9 Å². The second-order valence-electron chi connectivity index (χ2n) is 6.85. The molecule has 0 unspecified atom stereocenters. The van der Waals surface area contributed by atoms with Gasteiger partial charge in [0, 0.05) is 5.69 Å². The van der Waals surface area contributed by atoms with E-state index in [2.05, 4.69) is 19.9 Å². The normalized spacial score (nSPS) is 11.5. The van der Waals surface area contributed by atoms with Crippen LogP contribution in [0.4, 0.5) is 5.69 Å². The summed E-state index contributed by atoms with van der Waals surface area (Å²) in [6, 6.07) is 14.2. The zero-order chi connectivity index (χ0) is 19.4. The Hall–Kier alpha value is -4.00. The number of nitrogens with two attached hydrogens (primary N) is 1. The van der Waals surface area contributed by atoms with Crippen LogP contribution in [0.15, 0.2) is 48.5 Å². The standard InChI is InChI=1S/C21H17N5O2/c1-10-2-4-14-16(6-10)25-20(23-14)12-8-19(28)13(9-18(12)27)21-24-15-5-3-11(22)7-17(15)26-21/h2-9,27-28H,22H2,1H3,(H,23,25)(H,24,26). The lowest BCUT2D eigenvalue weighted by atomic mass is 10.1. The van der Waals surface area contributed by atoms with Crippen LogP contribution in [-0.2, 0) is 0 Å².